The van der Waals surface area contributed by atoms with E-state index in [4.69, 9.17) is 14.2 Å². The van der Waals surface area contributed by atoms with Crippen LogP contribution < -0.4 is 0 Å². The van der Waals surface area contributed by atoms with Gasteiger partial charge in [0.25, 0.3) is 0 Å². The lowest BCUT2D eigenvalue weighted by Gasteiger charge is -2.40. The van der Waals surface area contributed by atoms with E-state index >= 15 is 0 Å². The Morgan fingerprint density at radius 2 is 1.78 bits per heavy atom. The third-order valence-corrected chi connectivity index (χ3v) is 5.87. The Hall–Kier alpha value is -2.96. The highest BCUT2D eigenvalue weighted by atomic mass is 16.7. The summed E-state index contributed by atoms with van der Waals surface area (Å²) in [6.45, 7) is 6.01. The second-order valence-corrected chi connectivity index (χ2v) is 8.77. The van der Waals surface area contributed by atoms with Crippen LogP contribution in [0.4, 0.5) is 4.79 Å². The molecule has 0 radical (unpaired) electrons. The molecule has 2 aliphatic heterocycles. The van der Waals surface area contributed by atoms with Gasteiger partial charge >= 0.3 is 6.09 Å². The van der Waals surface area contributed by atoms with Crippen LogP contribution in [-0.4, -0.2) is 48.0 Å². The number of imide groups is 1. The van der Waals surface area contributed by atoms with Crippen LogP contribution in [0.2, 0.25) is 0 Å². The van der Waals surface area contributed by atoms with Crippen LogP contribution >= 0.6 is 0 Å². The Bertz CT molecular complexity index is 986. The SMILES string of the molecule is C[C@@H](C(=O)N1C(=O)OC[C@@H]1Cc1ccccc1)[C@@H]1OC(C)(C)OC/C1=C\c1ccccc1. The molecule has 2 heterocycles. The predicted octanol–water partition coefficient (Wildman–Crippen LogP) is 4.45. The average molecular weight is 436 g/mol. The van der Waals surface area contributed by atoms with Crippen molar-refractivity contribution < 1.29 is 23.8 Å². The minimum absolute atomic E-state index is 0.193. The number of benzene rings is 2. The van der Waals surface area contributed by atoms with Gasteiger partial charge in [0.2, 0.25) is 5.91 Å². The molecule has 2 saturated heterocycles. The molecule has 0 saturated carbocycles. The standard InChI is InChI=1S/C26H29NO5/c1-18(23-21(16-31-26(2,3)32-23)14-19-10-6-4-7-11-19)24(28)27-22(17-30-25(27)29)15-20-12-8-5-9-13-20/h4-14,18,22-23H,15-17H2,1-3H3/b21-14+/t18-,22+,23+/m1/s1. The molecule has 32 heavy (non-hydrogen) atoms. The van der Waals surface area contributed by atoms with Crippen molar-refractivity contribution in [3.05, 3.63) is 77.4 Å². The summed E-state index contributed by atoms with van der Waals surface area (Å²) < 4.78 is 17.3. The minimum Gasteiger partial charge on any atom is -0.447 e. The topological polar surface area (TPSA) is 65.1 Å². The van der Waals surface area contributed by atoms with Gasteiger partial charge in [0.15, 0.2) is 5.79 Å². The fourth-order valence-corrected chi connectivity index (χ4v) is 4.18. The Morgan fingerprint density at radius 3 is 2.47 bits per heavy atom. The summed E-state index contributed by atoms with van der Waals surface area (Å²) in [6.07, 6.45) is 1.44. The van der Waals surface area contributed by atoms with Crippen molar-refractivity contribution >= 4 is 18.1 Å². The van der Waals surface area contributed by atoms with Gasteiger partial charge in [-0.05, 0) is 37.0 Å². The number of carbonyl (C=O) groups excluding carboxylic acids is 2. The molecular formula is C26H29NO5. The molecule has 0 bridgehead atoms. The minimum atomic E-state index is -0.831. The first-order chi connectivity index (χ1) is 15.3. The number of ether oxygens (including phenoxy) is 3. The maximum absolute atomic E-state index is 13.5. The first kappa shape index (κ1) is 22.2. The second-order valence-electron chi connectivity index (χ2n) is 8.77. The van der Waals surface area contributed by atoms with Gasteiger partial charge in [-0.15, -0.1) is 0 Å². The van der Waals surface area contributed by atoms with E-state index in [9.17, 15) is 9.59 Å². The zero-order chi connectivity index (χ0) is 22.7. The molecule has 2 aromatic carbocycles. The summed E-state index contributed by atoms with van der Waals surface area (Å²) >= 11 is 0. The van der Waals surface area contributed by atoms with Crippen molar-refractivity contribution in [3.63, 3.8) is 0 Å². The maximum atomic E-state index is 13.5. The molecule has 3 atom stereocenters. The van der Waals surface area contributed by atoms with E-state index in [1.54, 1.807) is 6.92 Å². The van der Waals surface area contributed by atoms with E-state index in [2.05, 4.69) is 0 Å². The number of hydrogen-bond acceptors (Lipinski definition) is 5. The van der Waals surface area contributed by atoms with Gasteiger partial charge in [-0.3, -0.25) is 4.79 Å². The summed E-state index contributed by atoms with van der Waals surface area (Å²) in [4.78, 5) is 27.3. The molecule has 2 aromatic rings. The first-order valence-electron chi connectivity index (χ1n) is 10.9. The van der Waals surface area contributed by atoms with Crippen LogP contribution in [0, 0.1) is 5.92 Å². The number of cyclic esters (lactones) is 1. The number of carbonyl (C=O) groups is 2. The molecule has 0 spiro atoms. The van der Waals surface area contributed by atoms with Crippen LogP contribution in [0.15, 0.2) is 66.2 Å². The van der Waals surface area contributed by atoms with E-state index in [0.29, 0.717) is 13.0 Å². The number of rotatable bonds is 5. The molecule has 2 aliphatic rings. The smallest absolute Gasteiger partial charge is 0.416 e. The van der Waals surface area contributed by atoms with Crippen molar-refractivity contribution in [2.75, 3.05) is 13.2 Å². The van der Waals surface area contributed by atoms with E-state index in [1.807, 2.05) is 80.6 Å². The van der Waals surface area contributed by atoms with Crippen LogP contribution in [-0.2, 0) is 25.4 Å². The van der Waals surface area contributed by atoms with E-state index in [-0.39, 0.29) is 18.6 Å². The highest BCUT2D eigenvalue weighted by molar-refractivity contribution is 5.95. The number of hydrogen-bond donors (Lipinski definition) is 0. The quantitative estimate of drug-likeness (QED) is 0.694. The Morgan fingerprint density at radius 1 is 1.12 bits per heavy atom. The van der Waals surface area contributed by atoms with Crippen molar-refractivity contribution in [3.8, 4) is 0 Å². The van der Waals surface area contributed by atoms with Crippen LogP contribution in [0.3, 0.4) is 0 Å². The molecular weight excluding hydrogens is 406 g/mol. The molecule has 2 amide bonds. The van der Waals surface area contributed by atoms with Crippen LogP contribution in [0.1, 0.15) is 31.9 Å². The van der Waals surface area contributed by atoms with Crippen LogP contribution in [0.5, 0.6) is 0 Å². The largest absolute Gasteiger partial charge is 0.447 e. The molecule has 0 N–H and O–H groups in total. The van der Waals surface area contributed by atoms with Gasteiger partial charge < -0.3 is 14.2 Å². The van der Waals surface area contributed by atoms with E-state index in [0.717, 1.165) is 16.7 Å². The third-order valence-electron chi connectivity index (χ3n) is 5.87. The lowest BCUT2D eigenvalue weighted by Crippen LogP contribution is -2.50. The molecule has 2 fully saturated rings. The molecule has 168 valence electrons. The van der Waals surface area contributed by atoms with Crippen molar-refractivity contribution in [1.29, 1.82) is 0 Å². The van der Waals surface area contributed by atoms with E-state index < -0.39 is 23.9 Å². The zero-order valence-electron chi connectivity index (χ0n) is 18.7. The zero-order valence-corrected chi connectivity index (χ0v) is 18.7. The van der Waals surface area contributed by atoms with Gasteiger partial charge in [-0.1, -0.05) is 73.7 Å². The van der Waals surface area contributed by atoms with Gasteiger partial charge in [-0.2, -0.15) is 0 Å². The Kier molecular flexibility index (Phi) is 6.44. The number of amides is 2. The lowest BCUT2D eigenvalue weighted by atomic mass is 9.92. The van der Waals surface area contributed by atoms with Crippen molar-refractivity contribution in [1.82, 2.24) is 4.90 Å². The summed E-state index contributed by atoms with van der Waals surface area (Å²) in [5.41, 5.74) is 2.92. The van der Waals surface area contributed by atoms with Gasteiger partial charge in [0.1, 0.15) is 6.61 Å². The monoisotopic (exact) mass is 435 g/mol. The molecule has 6 nitrogen and oxygen atoms in total. The average Bonchev–Trinajstić information content (AvgIpc) is 3.15. The summed E-state index contributed by atoms with van der Waals surface area (Å²) in [6, 6.07) is 19.3. The van der Waals surface area contributed by atoms with Gasteiger partial charge in [-0.25, -0.2) is 9.69 Å². The highest BCUT2D eigenvalue weighted by Gasteiger charge is 2.45. The van der Waals surface area contributed by atoms with Crippen LogP contribution in [0.25, 0.3) is 6.08 Å². The summed E-state index contributed by atoms with van der Waals surface area (Å²) in [5.74, 6) is -1.71. The summed E-state index contributed by atoms with van der Waals surface area (Å²) in [5, 5.41) is 0. The first-order valence-corrected chi connectivity index (χ1v) is 10.9. The van der Waals surface area contributed by atoms with E-state index in [1.165, 1.54) is 4.90 Å². The van der Waals surface area contributed by atoms with Gasteiger partial charge in [0.05, 0.1) is 24.7 Å². The van der Waals surface area contributed by atoms with Crippen molar-refractivity contribution in [2.24, 2.45) is 5.92 Å². The molecule has 6 heteroatoms. The van der Waals surface area contributed by atoms with Gasteiger partial charge in [0, 0.05) is 0 Å². The molecule has 4 rings (SSSR count). The lowest BCUT2D eigenvalue weighted by molar-refractivity contribution is -0.258. The fourth-order valence-electron chi connectivity index (χ4n) is 4.18. The normalized spacial score (nSPS) is 24.9. The fraction of sp³-hybridized carbons (Fsp3) is 0.385. The maximum Gasteiger partial charge on any atom is 0.416 e. The molecule has 0 unspecified atom stereocenters. The Labute approximate surface area is 188 Å². The summed E-state index contributed by atoms with van der Waals surface area (Å²) in [7, 11) is 0. The predicted molar refractivity (Wildman–Crippen MR) is 121 cm³/mol. The third kappa shape index (κ3) is 4.92. The second kappa shape index (κ2) is 9.27. The molecule has 0 aliphatic carbocycles. The Balaban J connectivity index is 1.58. The highest BCUT2D eigenvalue weighted by Crippen LogP contribution is 2.33. The number of nitrogens with zero attached hydrogens (tertiary/aromatic N) is 1. The van der Waals surface area contributed by atoms with Crippen molar-refractivity contribution in [2.45, 2.75) is 45.1 Å². The molecule has 0 aromatic heterocycles.